The molecule has 0 aliphatic rings. The lowest BCUT2D eigenvalue weighted by Crippen LogP contribution is -2.28. The summed E-state index contributed by atoms with van der Waals surface area (Å²) in [7, 11) is 0. The number of hydrogen-bond donors (Lipinski definition) is 0. The first-order valence-corrected chi connectivity index (χ1v) is 5.65. The van der Waals surface area contributed by atoms with Gasteiger partial charge in [0.1, 0.15) is 5.60 Å². The van der Waals surface area contributed by atoms with Gasteiger partial charge in [-0.25, -0.2) is 9.78 Å². The molecule has 0 N–H and O–H groups in total. The summed E-state index contributed by atoms with van der Waals surface area (Å²) in [6.45, 7) is 12.0. The first kappa shape index (κ1) is 13.2. The fourth-order valence-electron chi connectivity index (χ4n) is 1.30. The molecule has 0 atom stereocenters. The van der Waals surface area contributed by atoms with Crippen LogP contribution in [0.4, 0.5) is 0 Å². The van der Waals surface area contributed by atoms with Crippen LogP contribution in [-0.2, 0) is 15.4 Å². The molecule has 0 saturated carbocycles. The van der Waals surface area contributed by atoms with Gasteiger partial charge in [0.2, 0.25) is 0 Å². The molecular weight excluding hydrogens is 200 g/mol. The van der Waals surface area contributed by atoms with E-state index in [9.17, 15) is 0 Å². The summed E-state index contributed by atoms with van der Waals surface area (Å²) in [5, 5.41) is 0. The maximum atomic E-state index is 5.53. The lowest BCUT2D eigenvalue weighted by atomic mass is 9.97. The molecule has 0 saturated heterocycles. The Labute approximate surface area is 98.5 Å². The number of benzene rings is 1. The number of rotatable bonds is 3. The van der Waals surface area contributed by atoms with Crippen molar-refractivity contribution in [3.05, 3.63) is 35.4 Å². The molecular formula is C14H22O2. The van der Waals surface area contributed by atoms with Crippen molar-refractivity contribution in [3.8, 4) is 0 Å². The van der Waals surface area contributed by atoms with Crippen LogP contribution in [0.25, 0.3) is 0 Å². The van der Waals surface area contributed by atoms with Crippen molar-refractivity contribution in [2.75, 3.05) is 0 Å². The minimum absolute atomic E-state index is 0.291. The fraction of sp³-hybridized carbons (Fsp3) is 0.571. The molecule has 0 bridgehead atoms. The van der Waals surface area contributed by atoms with Crippen LogP contribution >= 0.6 is 0 Å². The van der Waals surface area contributed by atoms with Gasteiger partial charge in [-0.15, -0.1) is 0 Å². The molecule has 0 amide bonds. The van der Waals surface area contributed by atoms with Crippen LogP contribution in [0.5, 0.6) is 0 Å². The second-order valence-electron chi connectivity index (χ2n) is 5.66. The van der Waals surface area contributed by atoms with Crippen molar-refractivity contribution < 1.29 is 9.78 Å². The van der Waals surface area contributed by atoms with Gasteiger partial charge in [0.05, 0.1) is 5.60 Å². The third-order valence-electron chi connectivity index (χ3n) is 2.21. The smallest absolute Gasteiger partial charge is 0.123 e. The highest BCUT2D eigenvalue weighted by molar-refractivity contribution is 5.26. The average Bonchev–Trinajstić information content (AvgIpc) is 2.14. The molecule has 0 fully saturated rings. The van der Waals surface area contributed by atoms with Crippen molar-refractivity contribution in [1.82, 2.24) is 0 Å². The SMILES string of the molecule is Cc1cccc(C(C)(C)OOC(C)(C)C)c1. The van der Waals surface area contributed by atoms with Crippen LogP contribution < -0.4 is 0 Å². The summed E-state index contributed by atoms with van der Waals surface area (Å²) in [5.74, 6) is 0. The summed E-state index contributed by atoms with van der Waals surface area (Å²) in [4.78, 5) is 10.9. The Bertz CT molecular complexity index is 348. The van der Waals surface area contributed by atoms with Crippen molar-refractivity contribution in [3.63, 3.8) is 0 Å². The predicted octanol–water partition coefficient (Wildman–Crippen LogP) is 3.98. The van der Waals surface area contributed by atoms with Crippen LogP contribution in [0.1, 0.15) is 45.7 Å². The van der Waals surface area contributed by atoms with Crippen LogP contribution in [0.3, 0.4) is 0 Å². The Morgan fingerprint density at radius 1 is 0.938 bits per heavy atom. The quantitative estimate of drug-likeness (QED) is 0.569. The minimum Gasteiger partial charge on any atom is -0.230 e. The van der Waals surface area contributed by atoms with E-state index in [1.807, 2.05) is 40.7 Å². The van der Waals surface area contributed by atoms with Crippen molar-refractivity contribution >= 4 is 0 Å². The molecule has 0 aromatic heterocycles. The van der Waals surface area contributed by atoms with E-state index in [4.69, 9.17) is 9.78 Å². The Balaban J connectivity index is 2.77. The zero-order valence-corrected chi connectivity index (χ0v) is 11.1. The van der Waals surface area contributed by atoms with E-state index in [2.05, 4.69) is 25.1 Å². The third-order valence-corrected chi connectivity index (χ3v) is 2.21. The van der Waals surface area contributed by atoms with Gasteiger partial charge < -0.3 is 0 Å². The van der Waals surface area contributed by atoms with E-state index >= 15 is 0 Å². The lowest BCUT2D eigenvalue weighted by Gasteiger charge is -2.29. The highest BCUT2D eigenvalue weighted by atomic mass is 17.2. The van der Waals surface area contributed by atoms with Gasteiger partial charge in [-0.3, -0.25) is 0 Å². The van der Waals surface area contributed by atoms with Crippen LogP contribution in [0, 0.1) is 6.92 Å². The van der Waals surface area contributed by atoms with Gasteiger partial charge in [-0.2, -0.15) is 0 Å². The van der Waals surface area contributed by atoms with Crippen LogP contribution in [0.15, 0.2) is 24.3 Å². The number of hydrogen-bond acceptors (Lipinski definition) is 2. The highest BCUT2D eigenvalue weighted by Gasteiger charge is 2.25. The van der Waals surface area contributed by atoms with Gasteiger partial charge in [0.25, 0.3) is 0 Å². The molecule has 1 aromatic carbocycles. The maximum Gasteiger partial charge on any atom is 0.123 e. The molecule has 1 rings (SSSR count). The molecule has 1 aromatic rings. The monoisotopic (exact) mass is 222 g/mol. The molecule has 0 aliphatic carbocycles. The lowest BCUT2D eigenvalue weighted by molar-refractivity contribution is -0.401. The molecule has 16 heavy (non-hydrogen) atoms. The van der Waals surface area contributed by atoms with Crippen LogP contribution in [-0.4, -0.2) is 5.60 Å². The topological polar surface area (TPSA) is 18.5 Å². The summed E-state index contributed by atoms with van der Waals surface area (Å²) >= 11 is 0. The Kier molecular flexibility index (Phi) is 3.76. The standard InChI is InChI=1S/C14H22O2/c1-11-8-7-9-12(10-11)14(5,6)16-15-13(2,3)4/h7-10H,1-6H3. The van der Waals surface area contributed by atoms with E-state index < -0.39 is 5.60 Å². The molecule has 2 nitrogen and oxygen atoms in total. The fourth-order valence-corrected chi connectivity index (χ4v) is 1.30. The molecule has 0 unspecified atom stereocenters. The highest BCUT2D eigenvalue weighted by Crippen LogP contribution is 2.27. The van der Waals surface area contributed by atoms with E-state index in [0.717, 1.165) is 5.56 Å². The van der Waals surface area contributed by atoms with Gasteiger partial charge in [-0.05, 0) is 47.1 Å². The summed E-state index contributed by atoms with van der Waals surface area (Å²) in [5.41, 5.74) is 1.63. The van der Waals surface area contributed by atoms with Gasteiger partial charge >= 0.3 is 0 Å². The second-order valence-corrected chi connectivity index (χ2v) is 5.66. The summed E-state index contributed by atoms with van der Waals surface area (Å²) in [6.07, 6.45) is 0. The van der Waals surface area contributed by atoms with Crippen LogP contribution in [0.2, 0.25) is 0 Å². The Morgan fingerprint density at radius 3 is 2.06 bits per heavy atom. The Hall–Kier alpha value is -0.860. The first-order valence-electron chi connectivity index (χ1n) is 5.65. The zero-order chi connectivity index (χ0) is 12.4. The average molecular weight is 222 g/mol. The van der Waals surface area contributed by atoms with Gasteiger partial charge in [0, 0.05) is 0 Å². The molecule has 0 radical (unpaired) electrons. The first-order chi connectivity index (χ1) is 7.21. The molecule has 0 heterocycles. The van der Waals surface area contributed by atoms with Gasteiger partial charge in [-0.1, -0.05) is 29.8 Å². The Morgan fingerprint density at radius 2 is 1.56 bits per heavy atom. The minimum atomic E-state index is -0.431. The molecule has 0 aliphatic heterocycles. The maximum absolute atomic E-state index is 5.53. The van der Waals surface area contributed by atoms with Crippen molar-refractivity contribution in [1.29, 1.82) is 0 Å². The molecule has 0 spiro atoms. The summed E-state index contributed by atoms with van der Waals surface area (Å²) in [6, 6.07) is 8.28. The van der Waals surface area contributed by atoms with E-state index in [1.165, 1.54) is 5.56 Å². The molecule has 2 heteroatoms. The van der Waals surface area contributed by atoms with E-state index in [1.54, 1.807) is 0 Å². The summed E-state index contributed by atoms with van der Waals surface area (Å²) < 4.78 is 0. The van der Waals surface area contributed by atoms with E-state index in [-0.39, 0.29) is 5.60 Å². The van der Waals surface area contributed by atoms with Crippen molar-refractivity contribution in [2.24, 2.45) is 0 Å². The van der Waals surface area contributed by atoms with Crippen molar-refractivity contribution in [2.45, 2.75) is 52.7 Å². The normalized spacial score (nSPS) is 12.9. The zero-order valence-electron chi connectivity index (χ0n) is 11.1. The van der Waals surface area contributed by atoms with E-state index in [0.29, 0.717) is 0 Å². The third kappa shape index (κ3) is 3.95. The molecule has 90 valence electrons. The predicted molar refractivity (Wildman–Crippen MR) is 66.1 cm³/mol. The van der Waals surface area contributed by atoms with Gasteiger partial charge in [0.15, 0.2) is 0 Å². The second kappa shape index (κ2) is 4.56. The number of aryl methyl sites for hydroxylation is 1. The largest absolute Gasteiger partial charge is 0.230 e.